The summed E-state index contributed by atoms with van der Waals surface area (Å²) in [7, 11) is -1.87. The van der Waals surface area contributed by atoms with Crippen LogP contribution in [0.3, 0.4) is 0 Å². The van der Waals surface area contributed by atoms with Crippen LogP contribution < -0.4 is 0 Å². The maximum Gasteiger partial charge on any atom is 0.269 e. The van der Waals surface area contributed by atoms with E-state index in [1.807, 2.05) is 0 Å². The molecule has 2 aromatic rings. The van der Waals surface area contributed by atoms with E-state index < -0.39 is 14.9 Å². The molecule has 0 fully saturated rings. The molecule has 0 unspecified atom stereocenters. The molecule has 0 bridgehead atoms. The number of hydrogen-bond donors (Lipinski definition) is 0. The predicted molar refractivity (Wildman–Crippen MR) is 84.2 cm³/mol. The summed E-state index contributed by atoms with van der Waals surface area (Å²) in [5, 5.41) is 13.1. The molecule has 0 aliphatic heterocycles. The first-order valence-electron chi connectivity index (χ1n) is 6.44. The summed E-state index contributed by atoms with van der Waals surface area (Å²) >= 11 is 1.41. The van der Waals surface area contributed by atoms with Crippen LogP contribution in [0.2, 0.25) is 0 Å². The topological polar surface area (TPSA) is 93.4 Å². The van der Waals surface area contributed by atoms with Crippen molar-refractivity contribution in [1.29, 1.82) is 0 Å². The number of benzene rings is 1. The van der Waals surface area contributed by atoms with E-state index in [9.17, 15) is 18.5 Å². The summed E-state index contributed by atoms with van der Waals surface area (Å²) in [4.78, 5) is 14.1. The van der Waals surface area contributed by atoms with Crippen LogP contribution in [0.25, 0.3) is 0 Å². The van der Waals surface area contributed by atoms with Crippen LogP contribution in [0.15, 0.2) is 35.8 Å². The van der Waals surface area contributed by atoms with E-state index in [0.29, 0.717) is 6.42 Å². The minimum Gasteiger partial charge on any atom is -0.258 e. The standard InChI is InChI=1S/C13H15N3O4S2/c1-15(10-13-14-7-8-21-13)22(19,20)9-6-11-2-4-12(5-3-11)16(17)18/h2-5,7-8H,6,9-10H2,1H3. The molecule has 9 heteroatoms. The predicted octanol–water partition coefficient (Wildman–Crippen LogP) is 2.06. The van der Waals surface area contributed by atoms with Crippen LogP contribution in [-0.4, -0.2) is 35.4 Å². The number of sulfonamides is 1. The maximum atomic E-state index is 12.2. The molecule has 7 nitrogen and oxygen atoms in total. The van der Waals surface area contributed by atoms with Crippen LogP contribution in [0.4, 0.5) is 5.69 Å². The van der Waals surface area contributed by atoms with Crippen LogP contribution >= 0.6 is 11.3 Å². The quantitative estimate of drug-likeness (QED) is 0.567. The lowest BCUT2D eigenvalue weighted by Crippen LogP contribution is -2.29. The van der Waals surface area contributed by atoms with Crippen LogP contribution in [-0.2, 0) is 23.0 Å². The highest BCUT2D eigenvalue weighted by molar-refractivity contribution is 7.89. The molecule has 0 saturated carbocycles. The monoisotopic (exact) mass is 341 g/mol. The van der Waals surface area contributed by atoms with Gasteiger partial charge in [-0.1, -0.05) is 12.1 Å². The highest BCUT2D eigenvalue weighted by atomic mass is 32.2. The molecular weight excluding hydrogens is 326 g/mol. The van der Waals surface area contributed by atoms with Gasteiger partial charge in [0.25, 0.3) is 5.69 Å². The zero-order valence-corrected chi connectivity index (χ0v) is 13.5. The van der Waals surface area contributed by atoms with Crippen molar-refractivity contribution in [3.63, 3.8) is 0 Å². The van der Waals surface area contributed by atoms with Crippen molar-refractivity contribution in [3.8, 4) is 0 Å². The molecule has 1 aromatic carbocycles. The largest absolute Gasteiger partial charge is 0.269 e. The van der Waals surface area contributed by atoms with Gasteiger partial charge >= 0.3 is 0 Å². The van der Waals surface area contributed by atoms with E-state index in [1.54, 1.807) is 23.7 Å². The van der Waals surface area contributed by atoms with Gasteiger partial charge in [-0.05, 0) is 12.0 Å². The third-order valence-corrected chi connectivity index (χ3v) is 5.68. The SMILES string of the molecule is CN(Cc1nccs1)S(=O)(=O)CCc1ccc([N+](=O)[O-])cc1. The van der Waals surface area contributed by atoms with E-state index in [4.69, 9.17) is 0 Å². The van der Waals surface area contributed by atoms with E-state index in [2.05, 4.69) is 4.98 Å². The zero-order valence-electron chi connectivity index (χ0n) is 11.9. The molecule has 0 amide bonds. The van der Waals surface area contributed by atoms with Crippen molar-refractivity contribution in [3.05, 3.63) is 56.5 Å². The smallest absolute Gasteiger partial charge is 0.258 e. The van der Waals surface area contributed by atoms with Crippen LogP contribution in [0, 0.1) is 10.1 Å². The summed E-state index contributed by atoms with van der Waals surface area (Å²) < 4.78 is 25.7. The Hall–Kier alpha value is -1.84. The second kappa shape index (κ2) is 6.95. The van der Waals surface area contributed by atoms with Gasteiger partial charge in [-0.3, -0.25) is 10.1 Å². The molecule has 2 rings (SSSR count). The molecule has 1 heterocycles. The Kier molecular flexibility index (Phi) is 5.22. The van der Waals surface area contributed by atoms with Gasteiger partial charge in [0.15, 0.2) is 0 Å². The molecule has 22 heavy (non-hydrogen) atoms. The average molecular weight is 341 g/mol. The molecule has 0 spiro atoms. The molecule has 0 N–H and O–H groups in total. The summed E-state index contributed by atoms with van der Waals surface area (Å²) in [5.41, 5.74) is 0.740. The Morgan fingerprint density at radius 3 is 2.55 bits per heavy atom. The number of nitro groups is 1. The highest BCUT2D eigenvalue weighted by Gasteiger charge is 2.19. The number of aromatic nitrogens is 1. The Labute approximate surface area is 132 Å². The van der Waals surface area contributed by atoms with Gasteiger partial charge in [-0.2, -0.15) is 4.31 Å². The third kappa shape index (κ3) is 4.33. The molecule has 0 radical (unpaired) electrons. The normalized spacial score (nSPS) is 11.7. The molecule has 118 valence electrons. The fourth-order valence-corrected chi connectivity index (χ4v) is 3.68. The van der Waals surface area contributed by atoms with Gasteiger partial charge in [-0.15, -0.1) is 11.3 Å². The molecular formula is C13H15N3O4S2. The summed E-state index contributed by atoms with van der Waals surface area (Å²) in [6.07, 6.45) is 1.94. The number of non-ortho nitro benzene ring substituents is 1. The second-order valence-electron chi connectivity index (χ2n) is 4.67. The molecule has 0 saturated heterocycles. The number of thiazole rings is 1. The van der Waals surface area contributed by atoms with Crippen molar-refractivity contribution in [2.45, 2.75) is 13.0 Å². The van der Waals surface area contributed by atoms with Crippen molar-refractivity contribution < 1.29 is 13.3 Å². The third-order valence-electron chi connectivity index (χ3n) is 3.11. The van der Waals surface area contributed by atoms with Crippen LogP contribution in [0.1, 0.15) is 10.6 Å². The highest BCUT2D eigenvalue weighted by Crippen LogP contribution is 2.14. The Morgan fingerprint density at radius 2 is 2.00 bits per heavy atom. The van der Waals surface area contributed by atoms with Gasteiger partial charge < -0.3 is 0 Å². The van der Waals surface area contributed by atoms with Gasteiger partial charge in [0.1, 0.15) is 5.01 Å². The molecule has 0 atom stereocenters. The van der Waals surface area contributed by atoms with Gasteiger partial charge in [0.2, 0.25) is 10.0 Å². The maximum absolute atomic E-state index is 12.2. The number of aryl methyl sites for hydroxylation is 1. The lowest BCUT2D eigenvalue weighted by Gasteiger charge is -2.15. The van der Waals surface area contributed by atoms with Gasteiger partial charge in [-0.25, -0.2) is 13.4 Å². The number of rotatable bonds is 7. The van der Waals surface area contributed by atoms with E-state index >= 15 is 0 Å². The minimum atomic E-state index is -3.39. The number of nitro benzene ring substituents is 1. The first-order chi connectivity index (χ1) is 10.4. The molecule has 0 aliphatic carbocycles. The van der Waals surface area contributed by atoms with Crippen molar-refractivity contribution in [1.82, 2.24) is 9.29 Å². The van der Waals surface area contributed by atoms with E-state index in [1.165, 1.54) is 34.8 Å². The lowest BCUT2D eigenvalue weighted by molar-refractivity contribution is -0.384. The van der Waals surface area contributed by atoms with Crippen molar-refractivity contribution in [2.24, 2.45) is 0 Å². The molecule has 0 aliphatic rings. The first kappa shape index (κ1) is 16.5. The fourth-order valence-electron chi connectivity index (χ4n) is 1.81. The zero-order chi connectivity index (χ0) is 16.2. The second-order valence-corrected chi connectivity index (χ2v) is 7.85. The summed E-state index contributed by atoms with van der Waals surface area (Å²) in [6, 6.07) is 5.91. The lowest BCUT2D eigenvalue weighted by atomic mass is 10.1. The summed E-state index contributed by atoms with van der Waals surface area (Å²) in [5.74, 6) is -0.0489. The fraction of sp³-hybridized carbons (Fsp3) is 0.308. The van der Waals surface area contributed by atoms with Crippen molar-refractivity contribution in [2.75, 3.05) is 12.8 Å². The Bertz CT molecular complexity index is 727. The first-order valence-corrected chi connectivity index (χ1v) is 8.93. The summed E-state index contributed by atoms with van der Waals surface area (Å²) in [6.45, 7) is 0.250. The van der Waals surface area contributed by atoms with E-state index in [0.717, 1.165) is 10.6 Å². The van der Waals surface area contributed by atoms with Crippen molar-refractivity contribution >= 4 is 27.0 Å². The van der Waals surface area contributed by atoms with Crippen LogP contribution in [0.5, 0.6) is 0 Å². The van der Waals surface area contributed by atoms with Gasteiger partial charge in [0, 0.05) is 30.8 Å². The van der Waals surface area contributed by atoms with E-state index in [-0.39, 0.29) is 18.0 Å². The minimum absolute atomic E-state index is 0.00695. The Morgan fingerprint density at radius 1 is 1.32 bits per heavy atom. The number of hydrogen-bond acceptors (Lipinski definition) is 6. The van der Waals surface area contributed by atoms with Gasteiger partial charge in [0.05, 0.1) is 17.2 Å². The average Bonchev–Trinajstić information content (AvgIpc) is 2.98. The number of nitrogens with zero attached hydrogens (tertiary/aromatic N) is 3. The Balaban J connectivity index is 1.95. The molecule has 1 aromatic heterocycles.